The smallest absolute Gasteiger partial charge is 0.407 e. The third-order valence-corrected chi connectivity index (χ3v) is 3.52. The van der Waals surface area contributed by atoms with Crippen molar-refractivity contribution in [3.63, 3.8) is 0 Å². The van der Waals surface area contributed by atoms with Crippen molar-refractivity contribution in [3.05, 3.63) is 23.8 Å². The van der Waals surface area contributed by atoms with Crippen LogP contribution in [0.2, 0.25) is 0 Å². The number of fused-ring (bicyclic) bond motifs is 1. The Morgan fingerprint density at radius 3 is 2.81 bits per heavy atom. The van der Waals surface area contributed by atoms with Crippen molar-refractivity contribution in [1.82, 2.24) is 4.90 Å². The van der Waals surface area contributed by atoms with E-state index in [1.165, 1.54) is 4.90 Å². The number of ether oxygens (including phenoxy) is 2. The van der Waals surface area contributed by atoms with Gasteiger partial charge in [-0.25, -0.2) is 4.79 Å². The third-order valence-electron chi connectivity index (χ3n) is 3.52. The van der Waals surface area contributed by atoms with Crippen molar-refractivity contribution < 1.29 is 19.4 Å². The SMILES string of the molecule is CC.COc1cccc2c1[C@H](CCN(C)C(=O)O)CCO2. The fourth-order valence-electron chi connectivity index (χ4n) is 2.42. The van der Waals surface area contributed by atoms with Gasteiger partial charge in [0.2, 0.25) is 0 Å². The molecule has 5 nitrogen and oxygen atoms in total. The maximum Gasteiger partial charge on any atom is 0.407 e. The summed E-state index contributed by atoms with van der Waals surface area (Å²) in [5.74, 6) is 1.95. The Bertz CT molecular complexity index is 447. The number of rotatable bonds is 4. The summed E-state index contributed by atoms with van der Waals surface area (Å²) in [6, 6.07) is 5.76. The van der Waals surface area contributed by atoms with Crippen LogP contribution in [0.25, 0.3) is 0 Å². The minimum absolute atomic E-state index is 0.279. The van der Waals surface area contributed by atoms with E-state index >= 15 is 0 Å². The van der Waals surface area contributed by atoms with Crippen LogP contribution >= 0.6 is 0 Å². The molecule has 5 heteroatoms. The van der Waals surface area contributed by atoms with Gasteiger partial charge >= 0.3 is 6.09 Å². The molecule has 0 saturated heterocycles. The Hall–Kier alpha value is -1.91. The molecule has 1 N–H and O–H groups in total. The molecule has 1 aliphatic rings. The largest absolute Gasteiger partial charge is 0.496 e. The zero-order valence-electron chi connectivity index (χ0n) is 13.3. The highest BCUT2D eigenvalue weighted by Gasteiger charge is 2.25. The molecule has 1 aliphatic heterocycles. The Labute approximate surface area is 126 Å². The molecule has 0 fully saturated rings. The first-order valence-corrected chi connectivity index (χ1v) is 7.37. The van der Waals surface area contributed by atoms with E-state index in [1.54, 1.807) is 14.2 Å². The number of benzene rings is 1. The standard InChI is InChI=1S/C14H19NO4.C2H6/c1-15(14(16)17)8-6-10-7-9-19-12-5-3-4-11(18-2)13(10)12;1-2/h3-5,10H,6-9H2,1-2H3,(H,16,17);1-2H3/t10-;/m1./s1. The molecule has 0 aliphatic carbocycles. The van der Waals surface area contributed by atoms with Crippen LogP contribution in [-0.4, -0.2) is 43.4 Å². The topological polar surface area (TPSA) is 59.0 Å². The van der Waals surface area contributed by atoms with Crippen LogP contribution in [0.1, 0.15) is 38.2 Å². The van der Waals surface area contributed by atoms with Gasteiger partial charge in [0.1, 0.15) is 11.5 Å². The van der Waals surface area contributed by atoms with Crippen LogP contribution in [0.4, 0.5) is 4.79 Å². The van der Waals surface area contributed by atoms with E-state index in [0.717, 1.165) is 29.9 Å². The fourth-order valence-corrected chi connectivity index (χ4v) is 2.42. The quantitative estimate of drug-likeness (QED) is 0.922. The van der Waals surface area contributed by atoms with Crippen molar-refractivity contribution in [2.75, 3.05) is 27.3 Å². The van der Waals surface area contributed by atoms with E-state index in [2.05, 4.69) is 0 Å². The lowest BCUT2D eigenvalue weighted by molar-refractivity contribution is 0.153. The van der Waals surface area contributed by atoms with Crippen molar-refractivity contribution in [3.8, 4) is 11.5 Å². The van der Waals surface area contributed by atoms with E-state index in [4.69, 9.17) is 14.6 Å². The minimum atomic E-state index is -0.896. The fraction of sp³-hybridized carbons (Fsp3) is 0.562. The highest BCUT2D eigenvalue weighted by Crippen LogP contribution is 2.41. The molecule has 1 aromatic rings. The van der Waals surface area contributed by atoms with E-state index < -0.39 is 6.09 Å². The zero-order chi connectivity index (χ0) is 15.8. The van der Waals surface area contributed by atoms with Gasteiger partial charge in [0.05, 0.1) is 13.7 Å². The number of hydrogen-bond acceptors (Lipinski definition) is 3. The van der Waals surface area contributed by atoms with Crippen molar-refractivity contribution in [2.24, 2.45) is 0 Å². The summed E-state index contributed by atoms with van der Waals surface area (Å²) in [6.45, 7) is 5.18. The summed E-state index contributed by atoms with van der Waals surface area (Å²) in [7, 11) is 3.23. The predicted octanol–water partition coefficient (Wildman–Crippen LogP) is 3.59. The maximum atomic E-state index is 10.8. The Balaban J connectivity index is 0.00000106. The van der Waals surface area contributed by atoms with E-state index in [-0.39, 0.29) is 5.92 Å². The molecule has 1 amide bonds. The van der Waals surface area contributed by atoms with Gasteiger partial charge in [-0.05, 0) is 30.9 Å². The Kier molecular flexibility index (Phi) is 6.85. The molecule has 0 spiro atoms. The molecule has 0 radical (unpaired) electrons. The van der Waals surface area contributed by atoms with Crippen LogP contribution in [0.3, 0.4) is 0 Å². The molecular formula is C16H25NO4. The molecule has 1 aromatic carbocycles. The molecule has 2 rings (SSSR count). The van der Waals surface area contributed by atoms with Gasteiger partial charge < -0.3 is 19.5 Å². The summed E-state index contributed by atoms with van der Waals surface area (Å²) >= 11 is 0. The maximum absolute atomic E-state index is 10.8. The van der Waals surface area contributed by atoms with Crippen molar-refractivity contribution in [1.29, 1.82) is 0 Å². The molecule has 0 unspecified atom stereocenters. The molecule has 1 heterocycles. The van der Waals surface area contributed by atoms with E-state index in [0.29, 0.717) is 13.2 Å². The molecule has 0 bridgehead atoms. The average molecular weight is 295 g/mol. The van der Waals surface area contributed by atoms with Crippen LogP contribution in [0, 0.1) is 0 Å². The number of amides is 1. The summed E-state index contributed by atoms with van der Waals surface area (Å²) in [4.78, 5) is 12.1. The molecule has 1 atom stereocenters. The lowest BCUT2D eigenvalue weighted by Crippen LogP contribution is -2.28. The van der Waals surface area contributed by atoms with Gasteiger partial charge in [-0.2, -0.15) is 0 Å². The van der Waals surface area contributed by atoms with Crippen LogP contribution < -0.4 is 9.47 Å². The second kappa shape index (κ2) is 8.39. The molecular weight excluding hydrogens is 270 g/mol. The second-order valence-electron chi connectivity index (χ2n) is 4.70. The first-order valence-electron chi connectivity index (χ1n) is 7.37. The molecule has 0 aromatic heterocycles. The minimum Gasteiger partial charge on any atom is -0.496 e. The lowest BCUT2D eigenvalue weighted by Gasteiger charge is -2.28. The van der Waals surface area contributed by atoms with Gasteiger partial charge in [-0.15, -0.1) is 0 Å². The molecule has 118 valence electrons. The zero-order valence-corrected chi connectivity index (χ0v) is 13.3. The number of methoxy groups -OCH3 is 1. The number of hydrogen-bond donors (Lipinski definition) is 1. The van der Waals surface area contributed by atoms with Crippen LogP contribution in [-0.2, 0) is 0 Å². The van der Waals surface area contributed by atoms with Crippen molar-refractivity contribution in [2.45, 2.75) is 32.6 Å². The monoisotopic (exact) mass is 295 g/mol. The van der Waals surface area contributed by atoms with Gasteiger partial charge in [0, 0.05) is 19.2 Å². The summed E-state index contributed by atoms with van der Waals surface area (Å²) in [5, 5.41) is 8.88. The molecule has 0 saturated carbocycles. The Morgan fingerprint density at radius 2 is 2.19 bits per heavy atom. The van der Waals surface area contributed by atoms with Gasteiger partial charge in [-0.1, -0.05) is 19.9 Å². The highest BCUT2D eigenvalue weighted by molar-refractivity contribution is 5.64. The van der Waals surface area contributed by atoms with Gasteiger partial charge in [-0.3, -0.25) is 0 Å². The van der Waals surface area contributed by atoms with Crippen LogP contribution in [0.5, 0.6) is 11.5 Å². The van der Waals surface area contributed by atoms with Gasteiger partial charge in [0.15, 0.2) is 0 Å². The Morgan fingerprint density at radius 1 is 1.48 bits per heavy atom. The van der Waals surface area contributed by atoms with Crippen molar-refractivity contribution >= 4 is 6.09 Å². The van der Waals surface area contributed by atoms with Gasteiger partial charge in [0.25, 0.3) is 0 Å². The lowest BCUT2D eigenvalue weighted by atomic mass is 9.89. The number of carbonyl (C=O) groups is 1. The third kappa shape index (κ3) is 4.28. The summed E-state index contributed by atoms with van der Waals surface area (Å²) in [5.41, 5.74) is 1.06. The number of nitrogens with zero attached hydrogens (tertiary/aromatic N) is 1. The van der Waals surface area contributed by atoms with E-state index in [1.807, 2.05) is 32.0 Å². The number of carboxylic acid groups (broad SMARTS) is 1. The van der Waals surface area contributed by atoms with Crippen LogP contribution in [0.15, 0.2) is 18.2 Å². The van der Waals surface area contributed by atoms with E-state index in [9.17, 15) is 4.79 Å². The first kappa shape index (κ1) is 17.1. The first-order chi connectivity index (χ1) is 10.1. The molecule has 21 heavy (non-hydrogen) atoms. The second-order valence-corrected chi connectivity index (χ2v) is 4.70. The average Bonchev–Trinajstić information content (AvgIpc) is 2.53. The summed E-state index contributed by atoms with van der Waals surface area (Å²) < 4.78 is 11.0. The normalized spacial score (nSPS) is 15.9. The summed E-state index contributed by atoms with van der Waals surface area (Å²) in [6.07, 6.45) is 0.771. The predicted molar refractivity (Wildman–Crippen MR) is 82.5 cm³/mol. The highest BCUT2D eigenvalue weighted by atomic mass is 16.5.